The van der Waals surface area contributed by atoms with Crippen LogP contribution in [0.5, 0.6) is 0 Å². The van der Waals surface area contributed by atoms with E-state index in [1.54, 1.807) is 12.1 Å². The van der Waals surface area contributed by atoms with Gasteiger partial charge in [-0.05, 0) is 43.0 Å². The van der Waals surface area contributed by atoms with E-state index in [1.165, 1.54) is 6.20 Å². The van der Waals surface area contributed by atoms with Crippen LogP contribution in [0.3, 0.4) is 0 Å². The second kappa shape index (κ2) is 8.95. The Morgan fingerprint density at radius 1 is 1.07 bits per heavy atom. The van der Waals surface area contributed by atoms with Crippen molar-refractivity contribution < 1.29 is 31.5 Å². The molecule has 2 N–H and O–H groups in total. The fourth-order valence-electron chi connectivity index (χ4n) is 3.05. The summed E-state index contributed by atoms with van der Waals surface area (Å²) < 4.78 is 69.5. The first-order valence-electron chi connectivity index (χ1n) is 9.31. The average Bonchev–Trinajstić information content (AvgIpc) is 2.73. The van der Waals surface area contributed by atoms with E-state index in [-0.39, 0.29) is 11.3 Å². The summed E-state index contributed by atoms with van der Waals surface area (Å²) in [6.07, 6.45) is -2.37. The SMILES string of the molecule is O=C(Nc1ccc(C(F)(F)C(F)(F)F)cc1)c1cccnc1NCC1CCOCC1. The minimum Gasteiger partial charge on any atom is -0.381 e. The summed E-state index contributed by atoms with van der Waals surface area (Å²) in [6, 6.07) is 6.38. The van der Waals surface area contributed by atoms with Crippen molar-refractivity contribution in [1.82, 2.24) is 4.98 Å². The number of alkyl halides is 5. The maximum absolute atomic E-state index is 13.4. The van der Waals surface area contributed by atoms with Crippen LogP contribution in [0.25, 0.3) is 0 Å². The minimum absolute atomic E-state index is 0.0842. The molecule has 2 heterocycles. The molecule has 0 saturated carbocycles. The maximum atomic E-state index is 13.4. The second-order valence-electron chi connectivity index (χ2n) is 6.94. The number of ether oxygens (including phenoxy) is 1. The van der Waals surface area contributed by atoms with E-state index >= 15 is 0 Å². The highest BCUT2D eigenvalue weighted by atomic mass is 19.4. The van der Waals surface area contributed by atoms with E-state index in [4.69, 9.17) is 4.74 Å². The summed E-state index contributed by atoms with van der Waals surface area (Å²) in [7, 11) is 0. The summed E-state index contributed by atoms with van der Waals surface area (Å²) >= 11 is 0. The first kappa shape index (κ1) is 21.9. The lowest BCUT2D eigenvalue weighted by Crippen LogP contribution is -2.33. The Labute approximate surface area is 169 Å². The molecule has 0 spiro atoms. The number of hydrogen-bond acceptors (Lipinski definition) is 4. The summed E-state index contributed by atoms with van der Waals surface area (Å²) in [5.41, 5.74) is -0.886. The van der Waals surface area contributed by atoms with E-state index in [0.717, 1.165) is 25.0 Å². The molecule has 2 aromatic rings. The lowest BCUT2D eigenvalue weighted by molar-refractivity contribution is -0.289. The standard InChI is InChI=1S/C20H20F5N3O2/c21-19(22,20(23,24)25)14-3-5-15(6-4-14)28-18(29)16-2-1-9-26-17(16)27-12-13-7-10-30-11-8-13/h1-6,9,13H,7-8,10-12H2,(H,26,27)(H,28,29). The first-order chi connectivity index (χ1) is 14.2. The molecule has 1 aliphatic rings. The molecule has 0 unspecified atom stereocenters. The largest absolute Gasteiger partial charge is 0.458 e. The number of anilines is 2. The highest BCUT2D eigenvalue weighted by molar-refractivity contribution is 6.07. The van der Waals surface area contributed by atoms with E-state index in [0.29, 0.717) is 43.6 Å². The molecule has 1 amide bonds. The molecule has 162 valence electrons. The fourth-order valence-corrected chi connectivity index (χ4v) is 3.05. The third kappa shape index (κ3) is 5.05. The van der Waals surface area contributed by atoms with Gasteiger partial charge in [-0.1, -0.05) is 12.1 Å². The van der Waals surface area contributed by atoms with Crippen molar-refractivity contribution in [2.24, 2.45) is 5.92 Å². The van der Waals surface area contributed by atoms with Crippen molar-refractivity contribution in [3.05, 3.63) is 53.7 Å². The molecule has 1 aliphatic heterocycles. The van der Waals surface area contributed by atoms with Gasteiger partial charge in [0.1, 0.15) is 5.82 Å². The third-order valence-electron chi connectivity index (χ3n) is 4.81. The Hall–Kier alpha value is -2.75. The van der Waals surface area contributed by atoms with Gasteiger partial charge in [0.2, 0.25) is 0 Å². The second-order valence-corrected chi connectivity index (χ2v) is 6.94. The molecule has 0 bridgehead atoms. The number of carbonyl (C=O) groups is 1. The number of pyridine rings is 1. The molecule has 10 heteroatoms. The molecule has 5 nitrogen and oxygen atoms in total. The number of amides is 1. The molecule has 1 aromatic carbocycles. The van der Waals surface area contributed by atoms with Crippen LogP contribution >= 0.6 is 0 Å². The molecule has 0 aliphatic carbocycles. The number of carbonyl (C=O) groups excluding carboxylic acids is 1. The van der Waals surface area contributed by atoms with Gasteiger partial charge in [-0.2, -0.15) is 22.0 Å². The Morgan fingerprint density at radius 3 is 2.37 bits per heavy atom. The number of nitrogens with one attached hydrogen (secondary N) is 2. The molecule has 30 heavy (non-hydrogen) atoms. The first-order valence-corrected chi connectivity index (χ1v) is 9.31. The molecule has 0 atom stereocenters. The van der Waals surface area contributed by atoms with Gasteiger partial charge in [-0.25, -0.2) is 4.98 Å². The molecule has 3 rings (SSSR count). The zero-order valence-corrected chi connectivity index (χ0v) is 15.8. The van der Waals surface area contributed by atoms with E-state index in [9.17, 15) is 26.7 Å². The van der Waals surface area contributed by atoms with E-state index in [2.05, 4.69) is 15.6 Å². The minimum atomic E-state index is -5.70. The van der Waals surface area contributed by atoms with Crippen molar-refractivity contribution in [3.63, 3.8) is 0 Å². The van der Waals surface area contributed by atoms with Crippen LogP contribution in [-0.2, 0) is 10.7 Å². The Balaban J connectivity index is 1.67. The van der Waals surface area contributed by atoms with Crippen molar-refractivity contribution >= 4 is 17.4 Å². The highest BCUT2D eigenvalue weighted by Crippen LogP contribution is 2.43. The van der Waals surface area contributed by atoms with Crippen molar-refractivity contribution in [3.8, 4) is 0 Å². The number of halogens is 5. The maximum Gasteiger partial charge on any atom is 0.458 e. The van der Waals surface area contributed by atoms with Crippen LogP contribution in [0, 0.1) is 5.92 Å². The predicted octanol–water partition coefficient (Wildman–Crippen LogP) is 4.83. The zero-order chi connectivity index (χ0) is 21.8. The third-order valence-corrected chi connectivity index (χ3v) is 4.81. The van der Waals surface area contributed by atoms with Crippen molar-refractivity contribution in [1.29, 1.82) is 0 Å². The van der Waals surface area contributed by atoms with Gasteiger partial charge in [0.15, 0.2) is 0 Å². The van der Waals surface area contributed by atoms with Crippen molar-refractivity contribution in [2.75, 3.05) is 30.4 Å². The normalized spacial score (nSPS) is 15.6. The van der Waals surface area contributed by atoms with Crippen LogP contribution < -0.4 is 10.6 Å². The summed E-state index contributed by atoms with van der Waals surface area (Å²) in [6.45, 7) is 1.98. The lowest BCUT2D eigenvalue weighted by atomic mass is 10.0. The number of nitrogens with zero attached hydrogens (tertiary/aromatic N) is 1. The lowest BCUT2D eigenvalue weighted by Gasteiger charge is -2.23. The van der Waals surface area contributed by atoms with E-state index in [1.807, 2.05) is 0 Å². The molecular formula is C20H20F5N3O2. The van der Waals surface area contributed by atoms with Gasteiger partial charge in [-0.15, -0.1) is 0 Å². The topological polar surface area (TPSA) is 63.2 Å². The predicted molar refractivity (Wildman–Crippen MR) is 101 cm³/mol. The molecule has 1 aromatic heterocycles. The number of hydrogen-bond donors (Lipinski definition) is 2. The van der Waals surface area contributed by atoms with Crippen LogP contribution in [0.15, 0.2) is 42.6 Å². The summed E-state index contributed by atoms with van der Waals surface area (Å²) in [4.78, 5) is 16.8. The highest BCUT2D eigenvalue weighted by Gasteiger charge is 2.58. The quantitative estimate of drug-likeness (QED) is 0.646. The summed E-state index contributed by atoms with van der Waals surface area (Å²) in [5.74, 6) is -4.78. The van der Waals surface area contributed by atoms with Crippen LogP contribution in [0.1, 0.15) is 28.8 Å². The molecular weight excluding hydrogens is 409 g/mol. The average molecular weight is 429 g/mol. The van der Waals surface area contributed by atoms with Gasteiger partial charge in [0.25, 0.3) is 5.91 Å². The van der Waals surface area contributed by atoms with E-state index < -0.39 is 23.6 Å². The number of rotatable bonds is 6. The van der Waals surface area contributed by atoms with Crippen LogP contribution in [0.4, 0.5) is 33.5 Å². The van der Waals surface area contributed by atoms with Gasteiger partial charge in [0.05, 0.1) is 5.56 Å². The molecule has 0 radical (unpaired) electrons. The van der Waals surface area contributed by atoms with Gasteiger partial charge in [-0.3, -0.25) is 4.79 Å². The van der Waals surface area contributed by atoms with Crippen molar-refractivity contribution in [2.45, 2.75) is 24.9 Å². The zero-order valence-electron chi connectivity index (χ0n) is 15.8. The Kier molecular flexibility index (Phi) is 6.55. The van der Waals surface area contributed by atoms with Gasteiger partial charge in [0, 0.05) is 37.2 Å². The molecule has 1 fully saturated rings. The summed E-state index contributed by atoms with van der Waals surface area (Å²) in [5, 5.41) is 5.63. The number of aromatic nitrogens is 1. The monoisotopic (exact) mass is 429 g/mol. The van der Waals surface area contributed by atoms with Crippen LogP contribution in [-0.4, -0.2) is 36.8 Å². The van der Waals surface area contributed by atoms with Gasteiger partial charge >= 0.3 is 12.1 Å². The number of benzene rings is 1. The fraction of sp³-hybridized carbons (Fsp3) is 0.400. The smallest absolute Gasteiger partial charge is 0.381 e. The molecule has 1 saturated heterocycles. The van der Waals surface area contributed by atoms with Gasteiger partial charge < -0.3 is 15.4 Å². The van der Waals surface area contributed by atoms with Crippen LogP contribution in [0.2, 0.25) is 0 Å². The Bertz CT molecular complexity index is 865. The Morgan fingerprint density at radius 2 is 1.73 bits per heavy atom.